The minimum atomic E-state index is -4.72. The molecule has 48 heavy (non-hydrogen) atoms. The van der Waals surface area contributed by atoms with E-state index in [1.165, 1.54) is 13.2 Å². The molecule has 4 aromatic rings. The molecule has 0 radical (unpaired) electrons. The molecule has 2 aromatic carbocycles. The van der Waals surface area contributed by atoms with Crippen LogP contribution < -0.4 is 14.2 Å². The van der Waals surface area contributed by atoms with Gasteiger partial charge in [0.2, 0.25) is 5.88 Å². The highest BCUT2D eigenvalue weighted by atomic mass is 19.4. The van der Waals surface area contributed by atoms with E-state index in [1.54, 1.807) is 18.2 Å². The topological polar surface area (TPSA) is 108 Å². The number of carbonyl (C=O) groups is 1. The summed E-state index contributed by atoms with van der Waals surface area (Å²) in [5.41, 5.74) is 1.08. The average Bonchev–Trinajstić information content (AvgIpc) is 3.37. The fourth-order valence-electron chi connectivity index (χ4n) is 6.01. The monoisotopic (exact) mass is 676 g/mol. The summed E-state index contributed by atoms with van der Waals surface area (Å²) in [6.07, 6.45) is -2.23. The summed E-state index contributed by atoms with van der Waals surface area (Å²) < 4.78 is 88.4. The smallest absolute Gasteiger partial charge is 0.416 e. The maximum absolute atomic E-state index is 13.1. The molecular weight excluding hydrogens is 643 g/mol. The number of rotatable bonds is 12. The quantitative estimate of drug-likeness (QED) is 0.168. The largest absolute Gasteiger partial charge is 0.494 e. The number of likely N-dealkylation sites (tertiary alicyclic amines) is 1. The van der Waals surface area contributed by atoms with E-state index in [-0.39, 0.29) is 35.6 Å². The lowest BCUT2D eigenvalue weighted by molar-refractivity contribution is -0.138. The van der Waals surface area contributed by atoms with Crippen LogP contribution in [0.3, 0.4) is 0 Å². The fourth-order valence-corrected chi connectivity index (χ4v) is 6.01. The number of pyridine rings is 1. The van der Waals surface area contributed by atoms with E-state index in [2.05, 4.69) is 14.6 Å². The standard InChI is InChI=1S/C33H33F5N4O6/c1-45-27-14-21(31(43)44)13-25-30(27)40-28(42(25)16-23-9-12-46-23)17-41-10-7-19(8-11-41)24-3-2-4-29(39-24)47-18-20-5-6-22(33(36,37)38)15-26(20)48-32(34)35/h2-6,13-15,19,23,32H,7-12,16-18H2,1H3,(H,43,44)/t23-/m0/s1. The Morgan fingerprint density at radius 3 is 2.48 bits per heavy atom. The summed E-state index contributed by atoms with van der Waals surface area (Å²) in [6, 6.07) is 10.7. The molecule has 0 spiro atoms. The Balaban J connectivity index is 1.12. The molecule has 0 bridgehead atoms. The highest BCUT2D eigenvalue weighted by molar-refractivity contribution is 5.95. The molecule has 2 aromatic heterocycles. The zero-order valence-corrected chi connectivity index (χ0v) is 25.9. The second-order valence-corrected chi connectivity index (χ2v) is 11.7. The maximum Gasteiger partial charge on any atom is 0.416 e. The van der Waals surface area contributed by atoms with Gasteiger partial charge in [0.25, 0.3) is 0 Å². The van der Waals surface area contributed by atoms with Crippen LogP contribution in [0.4, 0.5) is 22.0 Å². The molecule has 1 N–H and O–H groups in total. The van der Waals surface area contributed by atoms with E-state index in [0.717, 1.165) is 56.0 Å². The van der Waals surface area contributed by atoms with Crippen LogP contribution in [0.2, 0.25) is 0 Å². The summed E-state index contributed by atoms with van der Waals surface area (Å²) in [7, 11) is 1.49. The lowest BCUT2D eigenvalue weighted by Crippen LogP contribution is -2.35. The van der Waals surface area contributed by atoms with Gasteiger partial charge in [-0.3, -0.25) is 4.90 Å². The van der Waals surface area contributed by atoms with Crippen molar-refractivity contribution in [2.24, 2.45) is 0 Å². The molecule has 2 fully saturated rings. The lowest BCUT2D eigenvalue weighted by Gasteiger charge is -2.32. The van der Waals surface area contributed by atoms with Crippen LogP contribution in [-0.2, 0) is 30.6 Å². The predicted molar refractivity (Wildman–Crippen MR) is 161 cm³/mol. The maximum atomic E-state index is 13.1. The van der Waals surface area contributed by atoms with Gasteiger partial charge in [0.05, 0.1) is 42.9 Å². The third-order valence-electron chi connectivity index (χ3n) is 8.65. The Kier molecular flexibility index (Phi) is 9.69. The highest BCUT2D eigenvalue weighted by Crippen LogP contribution is 2.35. The summed E-state index contributed by atoms with van der Waals surface area (Å²) in [4.78, 5) is 23.5. The second-order valence-electron chi connectivity index (χ2n) is 11.7. The van der Waals surface area contributed by atoms with Crippen molar-refractivity contribution in [2.45, 2.75) is 63.8 Å². The van der Waals surface area contributed by atoms with E-state index in [0.29, 0.717) is 42.5 Å². The molecule has 0 aliphatic carbocycles. The van der Waals surface area contributed by atoms with Crippen LogP contribution >= 0.6 is 0 Å². The summed E-state index contributed by atoms with van der Waals surface area (Å²) in [6.45, 7) is -0.382. The molecule has 10 nitrogen and oxygen atoms in total. The fraction of sp³-hybridized carbons (Fsp3) is 0.424. The van der Waals surface area contributed by atoms with E-state index in [9.17, 15) is 31.9 Å². The molecule has 2 aliphatic rings. The molecular formula is C33H33F5N4O6. The number of imidazole rings is 1. The highest BCUT2D eigenvalue weighted by Gasteiger charge is 2.32. The Labute approximate surface area is 272 Å². The van der Waals surface area contributed by atoms with Crippen molar-refractivity contribution in [3.8, 4) is 17.4 Å². The first-order valence-electron chi connectivity index (χ1n) is 15.4. The second kappa shape index (κ2) is 13.9. The molecule has 4 heterocycles. The molecule has 2 aliphatic heterocycles. The number of ether oxygens (including phenoxy) is 4. The van der Waals surface area contributed by atoms with Crippen molar-refractivity contribution in [1.82, 2.24) is 19.4 Å². The van der Waals surface area contributed by atoms with Gasteiger partial charge in [-0.1, -0.05) is 12.1 Å². The molecule has 0 unspecified atom stereocenters. The zero-order chi connectivity index (χ0) is 34.0. The zero-order valence-electron chi connectivity index (χ0n) is 25.9. The Bertz CT molecular complexity index is 1770. The summed E-state index contributed by atoms with van der Waals surface area (Å²) >= 11 is 0. The van der Waals surface area contributed by atoms with Crippen LogP contribution in [0.25, 0.3) is 11.0 Å². The van der Waals surface area contributed by atoms with Gasteiger partial charge in [0, 0.05) is 29.8 Å². The lowest BCUT2D eigenvalue weighted by atomic mass is 9.93. The molecule has 256 valence electrons. The number of fused-ring (bicyclic) bond motifs is 1. The number of aromatic carboxylic acids is 1. The Morgan fingerprint density at radius 1 is 1.06 bits per heavy atom. The third-order valence-corrected chi connectivity index (χ3v) is 8.65. The molecule has 0 amide bonds. The molecule has 0 saturated carbocycles. The van der Waals surface area contributed by atoms with E-state index in [1.807, 2.05) is 10.6 Å². The third kappa shape index (κ3) is 7.46. The first-order chi connectivity index (χ1) is 23.0. The van der Waals surface area contributed by atoms with Crippen LogP contribution in [0.1, 0.15) is 58.2 Å². The summed E-state index contributed by atoms with van der Waals surface area (Å²) in [5.74, 6) is -0.180. The number of nitrogens with zero attached hydrogens (tertiary/aromatic N) is 4. The van der Waals surface area contributed by atoms with E-state index >= 15 is 0 Å². The van der Waals surface area contributed by atoms with Crippen LogP contribution in [0, 0.1) is 0 Å². The van der Waals surface area contributed by atoms with Gasteiger partial charge in [0.15, 0.2) is 0 Å². The van der Waals surface area contributed by atoms with Gasteiger partial charge < -0.3 is 28.6 Å². The van der Waals surface area contributed by atoms with Crippen molar-refractivity contribution >= 4 is 17.0 Å². The normalized spacial score (nSPS) is 17.4. The number of carboxylic acids is 1. The van der Waals surface area contributed by atoms with Crippen molar-refractivity contribution < 1.29 is 50.8 Å². The molecule has 2 saturated heterocycles. The van der Waals surface area contributed by atoms with Crippen LogP contribution in [-0.4, -0.2) is 70.0 Å². The van der Waals surface area contributed by atoms with Gasteiger partial charge in [-0.15, -0.1) is 0 Å². The number of methoxy groups -OCH3 is 1. The first-order valence-corrected chi connectivity index (χ1v) is 15.4. The van der Waals surface area contributed by atoms with E-state index in [4.69, 9.17) is 19.2 Å². The van der Waals surface area contributed by atoms with Crippen LogP contribution in [0.5, 0.6) is 17.4 Å². The van der Waals surface area contributed by atoms with Crippen molar-refractivity contribution in [3.05, 3.63) is 76.7 Å². The van der Waals surface area contributed by atoms with Crippen molar-refractivity contribution in [1.29, 1.82) is 0 Å². The number of carboxylic acid groups (broad SMARTS) is 1. The number of halogens is 5. The number of benzene rings is 2. The van der Waals surface area contributed by atoms with Crippen molar-refractivity contribution in [3.63, 3.8) is 0 Å². The Morgan fingerprint density at radius 2 is 1.83 bits per heavy atom. The van der Waals surface area contributed by atoms with Gasteiger partial charge in [0.1, 0.15) is 29.4 Å². The number of piperidine rings is 1. The number of aromatic nitrogens is 3. The molecule has 15 heteroatoms. The minimum absolute atomic E-state index is 0.0228. The summed E-state index contributed by atoms with van der Waals surface area (Å²) in [5, 5.41) is 9.66. The van der Waals surface area contributed by atoms with Crippen LogP contribution in [0.15, 0.2) is 48.5 Å². The van der Waals surface area contributed by atoms with Gasteiger partial charge in [-0.25, -0.2) is 14.8 Å². The molecule has 6 rings (SSSR count). The number of hydrogen-bond acceptors (Lipinski definition) is 8. The number of alkyl halides is 5. The SMILES string of the molecule is COc1cc(C(=O)O)cc2c1nc(CN1CCC(c3cccc(OCc4ccc(C(F)(F)F)cc4OC(F)F)n3)CC1)n2C[C@@H]1CCO1. The predicted octanol–water partition coefficient (Wildman–Crippen LogP) is 6.51. The van der Waals surface area contributed by atoms with Gasteiger partial charge in [-0.05, 0) is 62.7 Å². The first kappa shape index (κ1) is 33.4. The van der Waals surface area contributed by atoms with Gasteiger partial charge >= 0.3 is 18.8 Å². The average molecular weight is 677 g/mol. The van der Waals surface area contributed by atoms with E-state index < -0.39 is 30.1 Å². The number of hydrogen-bond donors (Lipinski definition) is 1. The van der Waals surface area contributed by atoms with Gasteiger partial charge in [-0.2, -0.15) is 22.0 Å². The molecule has 1 atom stereocenters. The Hall–Kier alpha value is -4.50. The minimum Gasteiger partial charge on any atom is -0.494 e. The van der Waals surface area contributed by atoms with Crippen molar-refractivity contribution in [2.75, 3.05) is 26.8 Å².